The summed E-state index contributed by atoms with van der Waals surface area (Å²) in [5.41, 5.74) is 14.2. The molecule has 0 saturated carbocycles. The molecule has 0 saturated heterocycles. The number of benzene rings is 4. The monoisotopic (exact) mass is 1590 g/mol. The van der Waals surface area contributed by atoms with Crippen LogP contribution >= 0.6 is 25.3 Å². The number of para-hydroxylation sites is 2. The highest BCUT2D eigenvalue weighted by Crippen LogP contribution is 2.23. The van der Waals surface area contributed by atoms with Crippen molar-refractivity contribution in [3.8, 4) is 11.5 Å². The van der Waals surface area contributed by atoms with Gasteiger partial charge in [0.2, 0.25) is 70.9 Å². The topological polar surface area (TPSA) is 605 Å². The number of imidazole rings is 1. The van der Waals surface area contributed by atoms with Gasteiger partial charge < -0.3 is 116 Å². The fourth-order valence-electron chi connectivity index (χ4n) is 11.7. The Morgan fingerprint density at radius 2 is 0.839 bits per heavy atom. The first-order valence-corrected chi connectivity index (χ1v) is 36.5. The van der Waals surface area contributed by atoms with Crippen LogP contribution < -0.4 is 70.0 Å². The van der Waals surface area contributed by atoms with Gasteiger partial charge in [0.25, 0.3) is 0 Å². The number of carboxylic acid groups (broad SMARTS) is 2. The van der Waals surface area contributed by atoms with E-state index in [0.717, 1.165) is 6.92 Å². The molecule has 3 aromatic heterocycles. The third kappa shape index (κ3) is 25.5. The maximum atomic E-state index is 15.2. The van der Waals surface area contributed by atoms with Crippen LogP contribution in [0.25, 0.3) is 21.8 Å². The third-order valence-corrected chi connectivity index (χ3v) is 18.6. The molecule has 0 bridgehead atoms. The number of H-pyrrole nitrogens is 3. The van der Waals surface area contributed by atoms with E-state index in [1.807, 2.05) is 0 Å². The number of aromatic nitrogens is 4. The molecule has 0 fully saturated rings. The van der Waals surface area contributed by atoms with E-state index in [4.69, 9.17) is 11.5 Å². The van der Waals surface area contributed by atoms with Crippen LogP contribution in [-0.4, -0.2) is 230 Å². The maximum Gasteiger partial charge on any atom is 0.305 e. The standard InChI is InChI=1S/C73H91N17O20S2/c1-35(2)60(89-70(107)53(25-40-29-78-48-11-7-5-9-45(40)48)84-69(106)55(27-59(97)98)86-73(110)61(36(3)92)90-63(100)46(74)32-111)72(109)88-57(33-112)71(108)82-50(22-37-12-16-42(93)17-13-37)65(102)83-52(24-39-28-77-47-10-6-4-8-44(39)47)67(104)85-54(26-41-30-76-34-79-41)68(105)80-49(20-21-58(95)96)64(101)81-51(23-38-14-18-43(94)19-15-38)66(103)87-56(31-91)62(75)99/h4-19,28-30,34-36,46,49-57,60-61,77-78,91-94,111-112H,20-27,31-33,74H2,1-3H3,(H2,75,99)(H,76,79)(H,80,105)(H,81,101)(H,82,108)(H,83,102)(H,84,106)(H,85,104)(H,86,110)(H,87,103)(H,88,109)(H,89,107)(H,90,100)(H,95,96)(H,97,98)/t36-,46+,49+,50+,51+,52+,53+,54+,55+,56+,57+,60+,61+/m1/s1. The number of carboxylic acids is 2. The number of hydrogen-bond donors (Lipinski definition) is 24. The molecule has 13 atom stereocenters. The number of nitrogens with two attached hydrogens (primary N) is 2. The highest BCUT2D eigenvalue weighted by atomic mass is 32.1. The number of amides is 12. The van der Waals surface area contributed by atoms with Crippen LogP contribution in [-0.2, 0) is 99.2 Å². The first-order valence-electron chi connectivity index (χ1n) is 35.2. The Kier molecular flexibility index (Phi) is 32.4. The number of carbonyl (C=O) groups excluding carboxylic acids is 12. The minimum absolute atomic E-state index is 0.149. The minimum atomic E-state index is -1.95. The molecule has 112 heavy (non-hydrogen) atoms. The Hall–Kier alpha value is -12.1. The van der Waals surface area contributed by atoms with E-state index in [9.17, 15) is 88.2 Å². The van der Waals surface area contributed by atoms with Gasteiger partial charge in [-0.1, -0.05) is 74.5 Å². The van der Waals surface area contributed by atoms with Crippen molar-refractivity contribution in [2.75, 3.05) is 18.1 Å². The highest BCUT2D eigenvalue weighted by molar-refractivity contribution is 7.80. The number of hydrogen-bond acceptors (Lipinski definition) is 22. The Bertz CT molecular complexity index is 4480. The van der Waals surface area contributed by atoms with Gasteiger partial charge in [0.15, 0.2) is 0 Å². The Labute approximate surface area is 650 Å². The smallest absolute Gasteiger partial charge is 0.305 e. The number of aromatic hydroxyl groups is 2. The molecule has 37 nitrogen and oxygen atoms in total. The molecule has 0 radical (unpaired) electrons. The van der Waals surface area contributed by atoms with Crippen molar-refractivity contribution in [3.05, 3.63) is 150 Å². The molecule has 0 aliphatic rings. The van der Waals surface area contributed by atoms with Crippen LogP contribution in [0.2, 0.25) is 0 Å². The van der Waals surface area contributed by atoms with E-state index in [-0.39, 0.29) is 48.6 Å². The van der Waals surface area contributed by atoms with Crippen LogP contribution in [0.5, 0.6) is 11.5 Å². The average molecular weight is 1590 g/mol. The van der Waals surface area contributed by atoms with E-state index in [2.05, 4.69) is 104 Å². The predicted octanol–water partition coefficient (Wildman–Crippen LogP) is -3.33. The number of aromatic amines is 3. The summed E-state index contributed by atoms with van der Waals surface area (Å²) in [5, 5.41) is 88.8. The van der Waals surface area contributed by atoms with Crippen LogP contribution in [0.1, 0.15) is 68.0 Å². The van der Waals surface area contributed by atoms with Gasteiger partial charge in [0, 0.05) is 96.1 Å². The summed E-state index contributed by atoms with van der Waals surface area (Å²) in [4.78, 5) is 208. The molecule has 600 valence electrons. The molecular formula is C73H91N17O20S2. The minimum Gasteiger partial charge on any atom is -0.508 e. The van der Waals surface area contributed by atoms with Gasteiger partial charge >= 0.3 is 11.9 Å². The third-order valence-electron chi connectivity index (χ3n) is 17.9. The Morgan fingerprint density at radius 1 is 0.446 bits per heavy atom. The molecule has 12 amide bonds. The number of carbonyl (C=O) groups is 14. The number of rotatable bonds is 43. The summed E-state index contributed by atoms with van der Waals surface area (Å²) in [6.07, 6.45) is -0.0929. The van der Waals surface area contributed by atoms with E-state index in [1.165, 1.54) is 74.9 Å². The lowest BCUT2D eigenvalue weighted by Crippen LogP contribution is -2.62. The molecule has 0 spiro atoms. The lowest BCUT2D eigenvalue weighted by Gasteiger charge is -2.29. The molecule has 0 unspecified atom stereocenters. The van der Waals surface area contributed by atoms with Crippen LogP contribution in [0.4, 0.5) is 0 Å². The fraction of sp³-hybridized carbons (Fsp3) is 0.384. The zero-order chi connectivity index (χ0) is 82.0. The molecule has 7 aromatic rings. The Morgan fingerprint density at radius 3 is 1.26 bits per heavy atom. The normalized spacial score (nSPS) is 14.8. The summed E-state index contributed by atoms with van der Waals surface area (Å²) in [6, 6.07) is 4.80. The summed E-state index contributed by atoms with van der Waals surface area (Å²) in [5.74, 6) is -17.7. The van der Waals surface area contributed by atoms with Crippen molar-refractivity contribution >= 4 is 130 Å². The second-order valence-corrected chi connectivity index (χ2v) is 27.5. The summed E-state index contributed by atoms with van der Waals surface area (Å²) >= 11 is 8.36. The highest BCUT2D eigenvalue weighted by Gasteiger charge is 2.39. The second-order valence-electron chi connectivity index (χ2n) is 26.7. The van der Waals surface area contributed by atoms with E-state index >= 15 is 9.59 Å². The second kappa shape index (κ2) is 41.6. The number of thiol groups is 2. The lowest BCUT2D eigenvalue weighted by atomic mass is 9.99. The largest absolute Gasteiger partial charge is 0.508 e. The number of phenolic OH excluding ortho intramolecular Hbond substituents is 2. The van der Waals surface area contributed by atoms with Gasteiger partial charge in [-0.25, -0.2) is 4.98 Å². The van der Waals surface area contributed by atoms with Gasteiger partial charge in [-0.3, -0.25) is 67.1 Å². The number of aliphatic hydroxyl groups is 2. The molecule has 3 heterocycles. The van der Waals surface area contributed by atoms with Crippen LogP contribution in [0.3, 0.4) is 0 Å². The van der Waals surface area contributed by atoms with Gasteiger partial charge in [-0.2, -0.15) is 25.3 Å². The molecule has 0 aliphatic carbocycles. The maximum absolute atomic E-state index is 15.2. The van der Waals surface area contributed by atoms with Gasteiger partial charge in [0.05, 0.1) is 31.5 Å². The summed E-state index contributed by atoms with van der Waals surface area (Å²) < 4.78 is 0. The Balaban J connectivity index is 1.16. The summed E-state index contributed by atoms with van der Waals surface area (Å²) in [6.45, 7) is 3.27. The SMILES string of the molecule is CC(C)[C@H](NC(=O)[C@H](Cc1c[nH]c2ccccc12)NC(=O)[C@H](CC(=O)O)NC(=O)[C@@H](NC(=O)[C@@H](N)CS)[C@@H](C)O)C(=O)N[C@@H](CS)C(=O)N[C@@H](Cc1ccc(O)cc1)C(=O)N[C@@H](Cc1c[nH]c2ccccc12)C(=O)N[C@@H](Cc1cnc[nH]1)C(=O)N[C@@H](CCC(=O)O)C(=O)N[C@@H](Cc1ccc(O)cc1)C(=O)N[C@@H](CO)C(N)=O. The van der Waals surface area contributed by atoms with E-state index in [1.54, 1.807) is 60.9 Å². The zero-order valence-electron chi connectivity index (χ0n) is 60.8. The molecule has 24 N–H and O–H groups in total. The zero-order valence-corrected chi connectivity index (χ0v) is 62.6. The van der Waals surface area contributed by atoms with Gasteiger partial charge in [0.1, 0.15) is 78.0 Å². The number of nitrogens with zero attached hydrogens (tertiary/aromatic N) is 1. The van der Waals surface area contributed by atoms with Crippen molar-refractivity contribution in [1.29, 1.82) is 0 Å². The number of fused-ring (bicyclic) bond motifs is 2. The number of aliphatic carboxylic acids is 2. The quantitative estimate of drug-likeness (QED) is 0.0166. The van der Waals surface area contributed by atoms with Crippen molar-refractivity contribution in [2.24, 2.45) is 17.4 Å². The van der Waals surface area contributed by atoms with Crippen molar-refractivity contribution in [2.45, 2.75) is 151 Å². The fourth-order valence-corrected chi connectivity index (χ4v) is 12.1. The number of nitrogens with one attached hydrogen (secondary N) is 14. The van der Waals surface area contributed by atoms with E-state index in [0.29, 0.717) is 44.1 Å². The first kappa shape index (κ1) is 87.2. The van der Waals surface area contributed by atoms with Gasteiger partial charge in [-0.15, -0.1) is 0 Å². The average Bonchev–Trinajstić information content (AvgIpc) is 1.67. The summed E-state index contributed by atoms with van der Waals surface area (Å²) in [7, 11) is 0. The first-order chi connectivity index (χ1) is 53.2. The lowest BCUT2D eigenvalue weighted by molar-refractivity contribution is -0.142. The number of primary amides is 1. The van der Waals surface area contributed by atoms with Crippen molar-refractivity contribution < 1.29 is 97.8 Å². The predicted molar refractivity (Wildman–Crippen MR) is 409 cm³/mol. The molecule has 7 rings (SSSR count). The molecular weight excluding hydrogens is 1500 g/mol. The van der Waals surface area contributed by atoms with Crippen LogP contribution in [0, 0.1) is 5.92 Å². The van der Waals surface area contributed by atoms with Gasteiger partial charge in [-0.05, 0) is 77.9 Å². The van der Waals surface area contributed by atoms with Crippen molar-refractivity contribution in [3.63, 3.8) is 0 Å². The number of phenols is 2. The van der Waals surface area contributed by atoms with Crippen molar-refractivity contribution in [1.82, 2.24) is 78.4 Å². The number of aliphatic hydroxyl groups excluding tert-OH is 2. The van der Waals surface area contributed by atoms with E-state index < -0.39 is 205 Å². The molecule has 4 aromatic carbocycles. The molecule has 0 aliphatic heterocycles. The molecule has 39 heteroatoms. The van der Waals surface area contributed by atoms with Crippen LogP contribution in [0.15, 0.2) is 122 Å².